The van der Waals surface area contributed by atoms with Crippen molar-refractivity contribution in [2.24, 2.45) is 0 Å². The number of halogens is 3. The monoisotopic (exact) mass is 474 g/mol. The molecule has 1 aliphatic heterocycles. The van der Waals surface area contributed by atoms with Crippen molar-refractivity contribution in [3.8, 4) is 11.3 Å². The molecule has 0 aromatic carbocycles. The van der Waals surface area contributed by atoms with Crippen LogP contribution in [-0.2, 0) is 0 Å². The van der Waals surface area contributed by atoms with E-state index in [1.165, 1.54) is 4.68 Å². The molecule has 2 N–H and O–H groups in total. The first-order chi connectivity index (χ1) is 16.3. The standard InChI is InChI=1S/C21H25F3N10/c1-12(10-22)34-19-15(29-31-34)5-4-14(26-19)13-6-9-33-17(13)18(25-2)28-20(30-33)27-16-7-8-32(3)11-21(16,23)24/h4-6,9,12,16H,7-8,10-11H2,1-3H3,(H2,25,27,28,30)/t12-,16+/m0/s1. The van der Waals surface area contributed by atoms with Crippen LogP contribution in [0, 0.1) is 0 Å². The Labute approximate surface area is 193 Å². The van der Waals surface area contributed by atoms with E-state index in [1.54, 1.807) is 48.8 Å². The van der Waals surface area contributed by atoms with Crippen LogP contribution < -0.4 is 10.6 Å². The second-order valence-electron chi connectivity index (χ2n) is 8.62. The predicted octanol–water partition coefficient (Wildman–Crippen LogP) is 2.86. The molecular weight excluding hydrogens is 449 g/mol. The number of pyridine rings is 1. The molecule has 1 aliphatic rings. The van der Waals surface area contributed by atoms with E-state index >= 15 is 0 Å². The number of nitrogens with zero attached hydrogens (tertiary/aromatic N) is 8. The molecule has 5 rings (SSSR count). The highest BCUT2D eigenvalue weighted by Crippen LogP contribution is 2.32. The minimum atomic E-state index is -2.90. The van der Waals surface area contributed by atoms with Crippen molar-refractivity contribution in [1.82, 2.24) is 39.5 Å². The van der Waals surface area contributed by atoms with Gasteiger partial charge in [0.1, 0.15) is 17.7 Å². The lowest BCUT2D eigenvalue weighted by molar-refractivity contribution is -0.0675. The maximum Gasteiger partial charge on any atom is 0.280 e. The second kappa shape index (κ2) is 8.38. The van der Waals surface area contributed by atoms with Crippen LogP contribution in [0.25, 0.3) is 27.9 Å². The van der Waals surface area contributed by atoms with Gasteiger partial charge >= 0.3 is 0 Å². The van der Waals surface area contributed by atoms with Crippen molar-refractivity contribution < 1.29 is 13.2 Å². The molecule has 0 radical (unpaired) electrons. The van der Waals surface area contributed by atoms with Gasteiger partial charge in [-0.3, -0.25) is 0 Å². The zero-order valence-corrected chi connectivity index (χ0v) is 19.0. The molecule has 4 aromatic rings. The van der Waals surface area contributed by atoms with Crippen LogP contribution in [0.4, 0.5) is 24.9 Å². The summed E-state index contributed by atoms with van der Waals surface area (Å²) in [5.41, 5.74) is 2.99. The third-order valence-electron chi connectivity index (χ3n) is 6.08. The molecule has 0 amide bonds. The molecule has 0 saturated carbocycles. The highest BCUT2D eigenvalue weighted by molar-refractivity contribution is 5.89. The highest BCUT2D eigenvalue weighted by atomic mass is 19.3. The van der Waals surface area contributed by atoms with E-state index in [-0.39, 0.29) is 18.9 Å². The number of nitrogens with one attached hydrogen (secondary N) is 2. The van der Waals surface area contributed by atoms with Crippen LogP contribution in [0.3, 0.4) is 0 Å². The van der Waals surface area contributed by atoms with E-state index < -0.39 is 24.7 Å². The minimum absolute atomic E-state index is 0.107. The van der Waals surface area contributed by atoms with E-state index in [9.17, 15) is 13.2 Å². The Hall–Kier alpha value is -3.48. The summed E-state index contributed by atoms with van der Waals surface area (Å²) in [6.07, 6.45) is 2.00. The van der Waals surface area contributed by atoms with Gasteiger partial charge in [-0.05, 0) is 38.6 Å². The lowest BCUT2D eigenvalue weighted by atomic mass is 10.0. The zero-order chi connectivity index (χ0) is 24.0. The topological polar surface area (TPSA) is 101 Å². The van der Waals surface area contributed by atoms with Gasteiger partial charge in [0.2, 0.25) is 5.95 Å². The van der Waals surface area contributed by atoms with E-state index in [2.05, 4.69) is 36.0 Å². The molecule has 1 fully saturated rings. The van der Waals surface area contributed by atoms with Crippen molar-refractivity contribution in [2.75, 3.05) is 44.5 Å². The van der Waals surface area contributed by atoms with Gasteiger partial charge in [-0.25, -0.2) is 27.4 Å². The van der Waals surface area contributed by atoms with Gasteiger partial charge in [0.15, 0.2) is 11.5 Å². The summed E-state index contributed by atoms with van der Waals surface area (Å²) in [6.45, 7) is 1.34. The van der Waals surface area contributed by atoms with Gasteiger partial charge in [0.05, 0.1) is 24.3 Å². The van der Waals surface area contributed by atoms with Gasteiger partial charge in [-0.2, -0.15) is 4.98 Å². The molecule has 34 heavy (non-hydrogen) atoms. The van der Waals surface area contributed by atoms with Crippen molar-refractivity contribution >= 4 is 28.4 Å². The summed E-state index contributed by atoms with van der Waals surface area (Å²) in [5, 5.41) is 18.3. The molecule has 0 aliphatic carbocycles. The third-order valence-corrected chi connectivity index (χ3v) is 6.08. The number of anilines is 2. The first-order valence-corrected chi connectivity index (χ1v) is 11.0. The minimum Gasteiger partial charge on any atom is -0.371 e. The quantitative estimate of drug-likeness (QED) is 0.440. The summed E-state index contributed by atoms with van der Waals surface area (Å²) in [5.74, 6) is -2.34. The summed E-state index contributed by atoms with van der Waals surface area (Å²) >= 11 is 0. The molecule has 5 heterocycles. The van der Waals surface area contributed by atoms with Crippen LogP contribution in [0.2, 0.25) is 0 Å². The fourth-order valence-electron chi connectivity index (χ4n) is 4.25. The van der Waals surface area contributed by atoms with Crippen molar-refractivity contribution in [1.29, 1.82) is 0 Å². The first kappa shape index (κ1) is 22.3. The summed E-state index contributed by atoms with van der Waals surface area (Å²) in [7, 11) is 3.38. The normalized spacial score (nSPS) is 19.5. The number of aromatic nitrogens is 7. The SMILES string of the molecule is CNc1nc(N[C@@H]2CCN(C)CC2(F)F)nn2ccc(-c3ccc4nnn([C@@H](C)CF)c4n3)c12. The van der Waals surface area contributed by atoms with E-state index in [0.29, 0.717) is 34.7 Å². The Morgan fingerprint density at radius 2 is 2.06 bits per heavy atom. The number of fused-ring (bicyclic) bond motifs is 2. The van der Waals surface area contributed by atoms with Crippen molar-refractivity contribution in [3.05, 3.63) is 24.4 Å². The predicted molar refractivity (Wildman–Crippen MR) is 122 cm³/mol. The molecule has 2 atom stereocenters. The average molecular weight is 474 g/mol. The number of rotatable bonds is 6. The van der Waals surface area contributed by atoms with Crippen LogP contribution in [0.15, 0.2) is 24.4 Å². The van der Waals surface area contributed by atoms with Gasteiger partial charge in [-0.1, -0.05) is 5.21 Å². The zero-order valence-electron chi connectivity index (χ0n) is 19.0. The Bertz CT molecular complexity index is 1330. The smallest absolute Gasteiger partial charge is 0.280 e. The lowest BCUT2D eigenvalue weighted by Gasteiger charge is -2.36. The Kier molecular flexibility index (Phi) is 5.50. The molecule has 4 aromatic heterocycles. The van der Waals surface area contributed by atoms with Crippen LogP contribution in [0.1, 0.15) is 19.4 Å². The lowest BCUT2D eigenvalue weighted by Crippen LogP contribution is -2.53. The Morgan fingerprint density at radius 1 is 1.24 bits per heavy atom. The average Bonchev–Trinajstić information content (AvgIpc) is 3.43. The van der Waals surface area contributed by atoms with E-state index in [4.69, 9.17) is 0 Å². The molecule has 0 unspecified atom stereocenters. The van der Waals surface area contributed by atoms with Gasteiger partial charge in [0.25, 0.3) is 5.92 Å². The number of hydrogen-bond donors (Lipinski definition) is 2. The van der Waals surface area contributed by atoms with Crippen LogP contribution in [0.5, 0.6) is 0 Å². The van der Waals surface area contributed by atoms with Gasteiger partial charge < -0.3 is 15.5 Å². The van der Waals surface area contributed by atoms with E-state index in [0.717, 1.165) is 5.56 Å². The fourth-order valence-corrected chi connectivity index (χ4v) is 4.25. The maximum atomic E-state index is 14.5. The first-order valence-electron chi connectivity index (χ1n) is 11.0. The Morgan fingerprint density at radius 3 is 2.79 bits per heavy atom. The fraction of sp³-hybridized carbons (Fsp3) is 0.476. The van der Waals surface area contributed by atoms with Crippen LogP contribution >= 0.6 is 0 Å². The summed E-state index contributed by atoms with van der Waals surface area (Å²) in [6, 6.07) is 3.82. The molecule has 10 nitrogen and oxygen atoms in total. The molecule has 0 spiro atoms. The molecule has 0 bridgehead atoms. The molecule has 13 heteroatoms. The third kappa shape index (κ3) is 3.79. The van der Waals surface area contributed by atoms with Crippen molar-refractivity contribution in [2.45, 2.75) is 31.4 Å². The Balaban J connectivity index is 1.53. The van der Waals surface area contributed by atoms with Crippen LogP contribution in [-0.4, -0.2) is 85.3 Å². The van der Waals surface area contributed by atoms with Gasteiger partial charge in [0, 0.05) is 25.4 Å². The molecule has 1 saturated heterocycles. The largest absolute Gasteiger partial charge is 0.371 e. The number of likely N-dealkylation sites (tertiary alicyclic amines) is 1. The number of alkyl halides is 3. The van der Waals surface area contributed by atoms with E-state index in [1.807, 2.05) is 6.07 Å². The number of hydrogen-bond acceptors (Lipinski definition) is 8. The van der Waals surface area contributed by atoms with Gasteiger partial charge in [-0.15, -0.1) is 10.2 Å². The highest BCUT2D eigenvalue weighted by Gasteiger charge is 2.44. The summed E-state index contributed by atoms with van der Waals surface area (Å²) < 4.78 is 45.3. The van der Waals surface area contributed by atoms with Crippen molar-refractivity contribution in [3.63, 3.8) is 0 Å². The maximum absolute atomic E-state index is 14.5. The molecular formula is C21H25F3N10. The second-order valence-corrected chi connectivity index (χ2v) is 8.62. The molecule has 180 valence electrons. The summed E-state index contributed by atoms with van der Waals surface area (Å²) in [4.78, 5) is 10.7. The number of piperidine rings is 1.